The first-order chi connectivity index (χ1) is 3.83. The van der Waals surface area contributed by atoms with E-state index in [1.54, 1.807) is 19.2 Å². The monoisotopic (exact) mass is 112 g/mol. The number of nitrogens with one attached hydrogen (secondary N) is 1. The lowest BCUT2D eigenvalue weighted by molar-refractivity contribution is 0.401. The van der Waals surface area contributed by atoms with Crippen molar-refractivity contribution in [3.05, 3.63) is 12.1 Å². The van der Waals surface area contributed by atoms with Gasteiger partial charge in [-0.15, -0.1) is 0 Å². The molecular formula is C5H8N2O. The number of hydrogen-bond donors (Lipinski definition) is 2. The average molecular weight is 112 g/mol. The molecule has 0 amide bonds. The van der Waals surface area contributed by atoms with Gasteiger partial charge < -0.3 is 15.5 Å². The van der Waals surface area contributed by atoms with Crippen LogP contribution in [0.1, 0.15) is 0 Å². The molecule has 0 aliphatic rings. The number of nitrogens with two attached hydrogens (primary N) is 1. The van der Waals surface area contributed by atoms with Crippen LogP contribution in [0.5, 0.6) is 5.88 Å². The van der Waals surface area contributed by atoms with Gasteiger partial charge in [0, 0.05) is 6.07 Å². The van der Waals surface area contributed by atoms with Crippen LogP contribution in [0.3, 0.4) is 0 Å². The molecule has 0 bridgehead atoms. The summed E-state index contributed by atoms with van der Waals surface area (Å²) in [7, 11) is 1.59. The van der Waals surface area contributed by atoms with E-state index in [1.807, 2.05) is 0 Å². The molecule has 1 rings (SSSR count). The molecule has 8 heavy (non-hydrogen) atoms. The first kappa shape index (κ1) is 5.03. The fourth-order valence-electron chi connectivity index (χ4n) is 0.510. The number of aromatic amines is 1. The molecule has 0 unspecified atom stereocenters. The van der Waals surface area contributed by atoms with E-state index in [2.05, 4.69) is 4.98 Å². The molecule has 1 heterocycles. The molecule has 1 aromatic rings. The topological polar surface area (TPSA) is 51.0 Å². The zero-order valence-electron chi connectivity index (χ0n) is 4.64. The first-order valence-electron chi connectivity index (χ1n) is 2.31. The second kappa shape index (κ2) is 1.78. The molecule has 3 nitrogen and oxygen atoms in total. The van der Waals surface area contributed by atoms with E-state index in [1.165, 1.54) is 0 Å². The predicted octanol–water partition coefficient (Wildman–Crippen LogP) is 0.605. The number of rotatable bonds is 1. The van der Waals surface area contributed by atoms with Gasteiger partial charge in [0.1, 0.15) is 5.82 Å². The van der Waals surface area contributed by atoms with Crippen molar-refractivity contribution in [3.8, 4) is 5.88 Å². The Kier molecular flexibility index (Phi) is 1.12. The van der Waals surface area contributed by atoms with Crippen LogP contribution in [0.4, 0.5) is 5.82 Å². The van der Waals surface area contributed by atoms with Gasteiger partial charge in [-0.05, 0) is 6.07 Å². The molecule has 3 heteroatoms. The van der Waals surface area contributed by atoms with Gasteiger partial charge >= 0.3 is 0 Å². The SMILES string of the molecule is COc1ccc(N)[nH]1. The quantitative estimate of drug-likeness (QED) is 0.559. The maximum Gasteiger partial charge on any atom is 0.192 e. The number of ether oxygens (including phenoxy) is 1. The second-order valence-corrected chi connectivity index (χ2v) is 1.48. The highest BCUT2D eigenvalue weighted by molar-refractivity contribution is 5.33. The van der Waals surface area contributed by atoms with Crippen LogP contribution in [0, 0.1) is 0 Å². The minimum Gasteiger partial charge on any atom is -0.482 e. The number of aromatic nitrogens is 1. The lowest BCUT2D eigenvalue weighted by Crippen LogP contribution is -1.84. The molecule has 0 radical (unpaired) electrons. The predicted molar refractivity (Wildman–Crippen MR) is 31.8 cm³/mol. The second-order valence-electron chi connectivity index (χ2n) is 1.48. The Hall–Kier alpha value is -1.12. The van der Waals surface area contributed by atoms with Crippen LogP contribution >= 0.6 is 0 Å². The van der Waals surface area contributed by atoms with Crippen molar-refractivity contribution in [2.75, 3.05) is 12.8 Å². The molecule has 0 aliphatic carbocycles. The highest BCUT2D eigenvalue weighted by Crippen LogP contribution is 2.08. The lowest BCUT2D eigenvalue weighted by Gasteiger charge is -1.89. The average Bonchev–Trinajstić information content (AvgIpc) is 2.14. The fraction of sp³-hybridized carbons (Fsp3) is 0.200. The minimum absolute atomic E-state index is 0.627. The molecular weight excluding hydrogens is 104 g/mol. The van der Waals surface area contributed by atoms with Crippen LogP contribution in [-0.4, -0.2) is 12.1 Å². The van der Waals surface area contributed by atoms with Gasteiger partial charge in [-0.25, -0.2) is 0 Å². The van der Waals surface area contributed by atoms with E-state index in [4.69, 9.17) is 10.5 Å². The molecule has 0 atom stereocenters. The normalized spacial score (nSPS) is 9.12. The van der Waals surface area contributed by atoms with Crippen LogP contribution in [0.2, 0.25) is 0 Å². The smallest absolute Gasteiger partial charge is 0.192 e. The third-order valence-electron chi connectivity index (χ3n) is 0.902. The van der Waals surface area contributed by atoms with Gasteiger partial charge in [-0.2, -0.15) is 0 Å². The summed E-state index contributed by atoms with van der Waals surface area (Å²) in [5.41, 5.74) is 5.32. The van der Waals surface area contributed by atoms with Crippen molar-refractivity contribution in [1.29, 1.82) is 0 Å². The largest absolute Gasteiger partial charge is 0.482 e. The maximum absolute atomic E-state index is 5.32. The molecule has 0 saturated heterocycles. The number of H-pyrrole nitrogens is 1. The maximum atomic E-state index is 5.32. The number of methoxy groups -OCH3 is 1. The van der Waals surface area contributed by atoms with Crippen LogP contribution in [0.15, 0.2) is 12.1 Å². The standard InChI is InChI=1S/C5H8N2O/c1-8-5-3-2-4(6)7-5/h2-3,7H,6H2,1H3. The Morgan fingerprint density at radius 2 is 2.38 bits per heavy atom. The number of hydrogen-bond acceptors (Lipinski definition) is 2. The molecule has 0 fully saturated rings. The molecule has 3 N–H and O–H groups in total. The summed E-state index contributed by atoms with van der Waals surface area (Å²) in [6, 6.07) is 3.52. The van der Waals surface area contributed by atoms with E-state index in [9.17, 15) is 0 Å². The highest BCUT2D eigenvalue weighted by Gasteiger charge is 1.89. The van der Waals surface area contributed by atoms with Gasteiger partial charge in [0.15, 0.2) is 5.88 Å². The number of nitrogen functional groups attached to an aromatic ring is 1. The summed E-state index contributed by atoms with van der Waals surface area (Å²) < 4.78 is 4.80. The lowest BCUT2D eigenvalue weighted by atomic mass is 10.6. The van der Waals surface area contributed by atoms with Gasteiger partial charge in [-0.3, -0.25) is 0 Å². The fourth-order valence-corrected chi connectivity index (χ4v) is 0.510. The summed E-state index contributed by atoms with van der Waals surface area (Å²) in [6.45, 7) is 0. The molecule has 0 aliphatic heterocycles. The van der Waals surface area contributed by atoms with Crippen LogP contribution in [0.25, 0.3) is 0 Å². The van der Waals surface area contributed by atoms with Crippen LogP contribution in [-0.2, 0) is 0 Å². The van der Waals surface area contributed by atoms with E-state index in [0.717, 1.165) is 0 Å². The number of anilines is 1. The zero-order valence-corrected chi connectivity index (χ0v) is 4.64. The van der Waals surface area contributed by atoms with Gasteiger partial charge in [0.05, 0.1) is 7.11 Å². The molecule has 0 spiro atoms. The first-order valence-corrected chi connectivity index (χ1v) is 2.31. The molecule has 0 aromatic carbocycles. The summed E-state index contributed by atoms with van der Waals surface area (Å²) in [4.78, 5) is 2.78. The van der Waals surface area contributed by atoms with Crippen molar-refractivity contribution in [1.82, 2.24) is 4.98 Å². The Labute approximate surface area is 47.5 Å². The Bertz CT molecular complexity index is 171. The van der Waals surface area contributed by atoms with Crippen molar-refractivity contribution in [2.24, 2.45) is 0 Å². The Morgan fingerprint density at radius 1 is 1.62 bits per heavy atom. The highest BCUT2D eigenvalue weighted by atomic mass is 16.5. The van der Waals surface area contributed by atoms with Crippen molar-refractivity contribution in [2.45, 2.75) is 0 Å². The van der Waals surface area contributed by atoms with E-state index >= 15 is 0 Å². The van der Waals surface area contributed by atoms with Crippen molar-refractivity contribution < 1.29 is 4.74 Å². The Balaban J connectivity index is 2.84. The summed E-state index contributed by atoms with van der Waals surface area (Å²) in [5.74, 6) is 1.32. The molecule has 1 aromatic heterocycles. The van der Waals surface area contributed by atoms with Gasteiger partial charge in [0.25, 0.3) is 0 Å². The molecule has 0 saturated carbocycles. The zero-order chi connectivity index (χ0) is 5.98. The third kappa shape index (κ3) is 0.753. The van der Waals surface area contributed by atoms with Crippen LogP contribution < -0.4 is 10.5 Å². The van der Waals surface area contributed by atoms with Crippen molar-refractivity contribution >= 4 is 5.82 Å². The molecule has 44 valence electrons. The summed E-state index contributed by atoms with van der Waals surface area (Å²) >= 11 is 0. The summed E-state index contributed by atoms with van der Waals surface area (Å²) in [6.07, 6.45) is 0. The van der Waals surface area contributed by atoms with E-state index < -0.39 is 0 Å². The van der Waals surface area contributed by atoms with Gasteiger partial charge in [-0.1, -0.05) is 0 Å². The van der Waals surface area contributed by atoms with E-state index in [0.29, 0.717) is 11.7 Å². The van der Waals surface area contributed by atoms with Crippen molar-refractivity contribution in [3.63, 3.8) is 0 Å². The minimum atomic E-state index is 0.627. The van der Waals surface area contributed by atoms with E-state index in [-0.39, 0.29) is 0 Å². The Morgan fingerprint density at radius 3 is 2.62 bits per heavy atom. The van der Waals surface area contributed by atoms with Gasteiger partial charge in [0.2, 0.25) is 0 Å². The summed E-state index contributed by atoms with van der Waals surface area (Å²) in [5, 5.41) is 0. The third-order valence-corrected chi connectivity index (χ3v) is 0.902.